The monoisotopic (exact) mass is 289 g/mol. The maximum Gasteiger partial charge on any atom is 0.0935 e. The van der Waals surface area contributed by atoms with E-state index in [-0.39, 0.29) is 6.04 Å². The van der Waals surface area contributed by atoms with Gasteiger partial charge in [0.05, 0.1) is 17.4 Å². The lowest BCUT2D eigenvalue weighted by atomic mass is 10.0. The van der Waals surface area contributed by atoms with Gasteiger partial charge in [-0.1, -0.05) is 23.7 Å². The minimum atomic E-state index is 0.127. The van der Waals surface area contributed by atoms with E-state index < -0.39 is 0 Å². The van der Waals surface area contributed by atoms with E-state index in [4.69, 9.17) is 11.6 Å². The van der Waals surface area contributed by atoms with E-state index in [9.17, 15) is 0 Å². The first kappa shape index (κ1) is 13.0. The largest absolute Gasteiger partial charge is 0.303 e. The molecule has 1 aliphatic heterocycles. The van der Waals surface area contributed by atoms with Crippen molar-refractivity contribution in [2.75, 3.05) is 19.1 Å². The molecule has 104 valence electrons. The predicted octanol–water partition coefficient (Wildman–Crippen LogP) is 2.17. The first-order valence-corrected chi connectivity index (χ1v) is 6.82. The lowest BCUT2D eigenvalue weighted by Crippen LogP contribution is -2.25. The Morgan fingerprint density at radius 1 is 1.25 bits per heavy atom. The first-order chi connectivity index (χ1) is 9.63. The topological polar surface area (TPSA) is 45.5 Å². The molecular formula is C14H16ClN5. The fraction of sp³-hybridized carbons (Fsp3) is 0.286. The number of hydrogen-bond donors (Lipinski definition) is 1. The van der Waals surface area contributed by atoms with Gasteiger partial charge in [-0.25, -0.2) is 0 Å². The SMILES string of the molecule is CN(C)n1ccc(C2CC(c3ccc(Cl)cc3)=NN2)n1. The van der Waals surface area contributed by atoms with Gasteiger partial charge in [0.1, 0.15) is 0 Å². The van der Waals surface area contributed by atoms with Crippen molar-refractivity contribution in [3.63, 3.8) is 0 Å². The Kier molecular flexibility index (Phi) is 3.36. The van der Waals surface area contributed by atoms with Gasteiger partial charge in [0, 0.05) is 31.7 Å². The van der Waals surface area contributed by atoms with Gasteiger partial charge in [0.15, 0.2) is 0 Å². The van der Waals surface area contributed by atoms with Crippen LogP contribution < -0.4 is 10.4 Å². The molecule has 0 amide bonds. The quantitative estimate of drug-likeness (QED) is 0.942. The number of rotatable bonds is 3. The van der Waals surface area contributed by atoms with Crippen LogP contribution in [0.2, 0.25) is 5.02 Å². The van der Waals surface area contributed by atoms with Gasteiger partial charge in [-0.2, -0.15) is 15.0 Å². The van der Waals surface area contributed by atoms with Crippen LogP contribution in [0.5, 0.6) is 0 Å². The minimum absolute atomic E-state index is 0.127. The molecule has 0 fully saturated rings. The molecule has 1 aromatic carbocycles. The third kappa shape index (κ3) is 2.49. The van der Waals surface area contributed by atoms with Crippen molar-refractivity contribution < 1.29 is 0 Å². The lowest BCUT2D eigenvalue weighted by Gasteiger charge is -2.12. The van der Waals surface area contributed by atoms with Gasteiger partial charge in [-0.3, -0.25) is 0 Å². The summed E-state index contributed by atoms with van der Waals surface area (Å²) in [6.07, 6.45) is 2.77. The molecular weight excluding hydrogens is 274 g/mol. The molecule has 1 N–H and O–H groups in total. The van der Waals surface area contributed by atoms with Crippen LogP contribution in [0, 0.1) is 0 Å². The van der Waals surface area contributed by atoms with Crippen LogP contribution in [0.3, 0.4) is 0 Å². The predicted molar refractivity (Wildman–Crippen MR) is 80.8 cm³/mol. The summed E-state index contributed by atoms with van der Waals surface area (Å²) in [5.74, 6) is 0. The van der Waals surface area contributed by atoms with Gasteiger partial charge in [-0.15, -0.1) is 0 Å². The summed E-state index contributed by atoms with van der Waals surface area (Å²) in [5.41, 5.74) is 6.27. The van der Waals surface area contributed by atoms with Crippen molar-refractivity contribution in [3.05, 3.63) is 52.8 Å². The zero-order chi connectivity index (χ0) is 14.1. The Bertz CT molecular complexity index is 629. The Morgan fingerprint density at radius 3 is 2.65 bits per heavy atom. The van der Waals surface area contributed by atoms with Crippen molar-refractivity contribution >= 4 is 17.3 Å². The number of aromatic nitrogens is 2. The first-order valence-electron chi connectivity index (χ1n) is 6.44. The van der Waals surface area contributed by atoms with Crippen LogP contribution in [0.1, 0.15) is 23.7 Å². The zero-order valence-corrected chi connectivity index (χ0v) is 12.2. The highest BCUT2D eigenvalue weighted by Gasteiger charge is 2.23. The molecule has 0 spiro atoms. The second-order valence-corrected chi connectivity index (χ2v) is 5.40. The molecule has 0 saturated carbocycles. The van der Waals surface area contributed by atoms with Gasteiger partial charge in [0.2, 0.25) is 0 Å². The third-order valence-corrected chi connectivity index (χ3v) is 3.55. The molecule has 1 aliphatic rings. The summed E-state index contributed by atoms with van der Waals surface area (Å²) in [4.78, 5) is 1.80. The van der Waals surface area contributed by atoms with Crippen LogP contribution in [-0.2, 0) is 0 Å². The van der Waals surface area contributed by atoms with Crippen molar-refractivity contribution in [2.24, 2.45) is 5.10 Å². The third-order valence-electron chi connectivity index (χ3n) is 3.29. The van der Waals surface area contributed by atoms with Crippen LogP contribution in [0.4, 0.5) is 0 Å². The van der Waals surface area contributed by atoms with Gasteiger partial charge in [0.25, 0.3) is 0 Å². The van der Waals surface area contributed by atoms with Gasteiger partial charge < -0.3 is 10.4 Å². The number of halogens is 1. The summed E-state index contributed by atoms with van der Waals surface area (Å²) in [5, 5.41) is 11.6. The summed E-state index contributed by atoms with van der Waals surface area (Å²) >= 11 is 5.90. The normalized spacial score (nSPS) is 17.8. The molecule has 20 heavy (non-hydrogen) atoms. The maximum absolute atomic E-state index is 5.90. The van der Waals surface area contributed by atoms with Gasteiger partial charge in [-0.05, 0) is 23.8 Å². The molecule has 2 heterocycles. The summed E-state index contributed by atoms with van der Waals surface area (Å²) < 4.78 is 0. The van der Waals surface area contributed by atoms with Crippen LogP contribution in [-0.4, -0.2) is 29.7 Å². The minimum Gasteiger partial charge on any atom is -0.303 e. The van der Waals surface area contributed by atoms with E-state index in [1.54, 1.807) is 4.79 Å². The number of nitrogens with zero attached hydrogens (tertiary/aromatic N) is 4. The van der Waals surface area contributed by atoms with Crippen LogP contribution in [0.15, 0.2) is 41.6 Å². The highest BCUT2D eigenvalue weighted by Crippen LogP contribution is 2.23. The van der Waals surface area contributed by atoms with E-state index in [1.807, 2.05) is 55.6 Å². The molecule has 0 radical (unpaired) electrons. The van der Waals surface area contributed by atoms with E-state index in [0.29, 0.717) is 0 Å². The molecule has 1 unspecified atom stereocenters. The highest BCUT2D eigenvalue weighted by molar-refractivity contribution is 6.30. The molecule has 2 aromatic rings. The van der Waals surface area contributed by atoms with Crippen LogP contribution in [0.25, 0.3) is 0 Å². The van der Waals surface area contributed by atoms with Crippen molar-refractivity contribution in [1.29, 1.82) is 0 Å². The van der Waals surface area contributed by atoms with E-state index in [0.717, 1.165) is 28.4 Å². The Balaban J connectivity index is 1.73. The summed E-state index contributed by atoms with van der Waals surface area (Å²) in [7, 11) is 3.91. The lowest BCUT2D eigenvalue weighted by molar-refractivity contribution is 0.566. The number of nitrogens with one attached hydrogen (secondary N) is 1. The Hall–Kier alpha value is -2.01. The molecule has 0 aliphatic carbocycles. The van der Waals surface area contributed by atoms with Crippen molar-refractivity contribution in [2.45, 2.75) is 12.5 Å². The molecule has 5 nitrogen and oxygen atoms in total. The Labute approximate surface area is 122 Å². The van der Waals surface area contributed by atoms with Crippen molar-refractivity contribution in [3.8, 4) is 0 Å². The smallest absolute Gasteiger partial charge is 0.0935 e. The number of hydrazone groups is 1. The summed E-state index contributed by atoms with van der Waals surface area (Å²) in [6.45, 7) is 0. The van der Waals surface area contributed by atoms with E-state index in [1.165, 1.54) is 0 Å². The Morgan fingerprint density at radius 2 is 2.00 bits per heavy atom. The molecule has 1 atom stereocenters. The zero-order valence-electron chi connectivity index (χ0n) is 11.4. The number of hydrogen-bond acceptors (Lipinski definition) is 4. The average Bonchev–Trinajstić information content (AvgIpc) is 3.08. The van der Waals surface area contributed by atoms with Gasteiger partial charge >= 0.3 is 0 Å². The molecule has 1 aromatic heterocycles. The highest BCUT2D eigenvalue weighted by atomic mass is 35.5. The van der Waals surface area contributed by atoms with E-state index in [2.05, 4.69) is 15.6 Å². The van der Waals surface area contributed by atoms with E-state index >= 15 is 0 Å². The standard InChI is InChI=1S/C14H16ClN5/c1-19(2)20-8-7-12(18-20)14-9-13(16-17-14)10-3-5-11(15)6-4-10/h3-8,14,17H,9H2,1-2H3. The average molecular weight is 290 g/mol. The maximum atomic E-state index is 5.90. The molecule has 6 heteroatoms. The fourth-order valence-corrected chi connectivity index (χ4v) is 2.30. The molecule has 3 rings (SSSR count). The fourth-order valence-electron chi connectivity index (χ4n) is 2.17. The second kappa shape index (κ2) is 5.17. The van der Waals surface area contributed by atoms with Crippen molar-refractivity contribution in [1.82, 2.24) is 15.3 Å². The molecule has 0 bridgehead atoms. The molecule has 0 saturated heterocycles. The van der Waals surface area contributed by atoms with Crippen LogP contribution >= 0.6 is 11.6 Å². The second-order valence-electron chi connectivity index (χ2n) is 4.96. The number of benzene rings is 1. The summed E-state index contributed by atoms with van der Waals surface area (Å²) in [6, 6.07) is 9.88.